The highest BCUT2D eigenvalue weighted by Crippen LogP contribution is 2.25. The summed E-state index contributed by atoms with van der Waals surface area (Å²) < 4.78 is 5.73. The molecular formula is C18H20N2O2. The first-order chi connectivity index (χ1) is 10.7. The van der Waals surface area contributed by atoms with Crippen LogP contribution >= 0.6 is 0 Å². The molecule has 0 atom stereocenters. The average Bonchev–Trinajstić information content (AvgIpc) is 3.08. The number of benzene rings is 2. The Kier molecular flexibility index (Phi) is 4.28. The molecule has 0 unspecified atom stereocenters. The van der Waals surface area contributed by atoms with Crippen molar-refractivity contribution in [1.29, 1.82) is 0 Å². The fourth-order valence-corrected chi connectivity index (χ4v) is 2.65. The molecule has 1 saturated heterocycles. The van der Waals surface area contributed by atoms with Crippen LogP contribution in [0.3, 0.4) is 0 Å². The molecule has 0 bridgehead atoms. The van der Waals surface area contributed by atoms with Crippen molar-refractivity contribution in [2.45, 2.75) is 19.4 Å². The third kappa shape index (κ3) is 3.22. The average molecular weight is 296 g/mol. The van der Waals surface area contributed by atoms with E-state index < -0.39 is 0 Å². The number of carbonyl (C=O) groups is 1. The summed E-state index contributed by atoms with van der Waals surface area (Å²) >= 11 is 0. The fraction of sp³-hybridized carbons (Fsp3) is 0.278. The van der Waals surface area contributed by atoms with Gasteiger partial charge in [-0.15, -0.1) is 0 Å². The second kappa shape index (κ2) is 6.52. The van der Waals surface area contributed by atoms with Crippen LogP contribution < -0.4 is 10.5 Å². The normalized spacial score (nSPS) is 14.1. The van der Waals surface area contributed by atoms with Crippen LogP contribution in [0.5, 0.6) is 5.75 Å². The molecule has 3 rings (SSSR count). The lowest BCUT2D eigenvalue weighted by Crippen LogP contribution is -2.27. The molecule has 1 amide bonds. The highest BCUT2D eigenvalue weighted by atomic mass is 16.5. The Labute approximate surface area is 130 Å². The minimum Gasteiger partial charge on any atom is -0.487 e. The number of hydrogen-bond acceptors (Lipinski definition) is 3. The van der Waals surface area contributed by atoms with Gasteiger partial charge in [-0.05, 0) is 36.6 Å². The van der Waals surface area contributed by atoms with Crippen molar-refractivity contribution in [3.05, 3.63) is 59.7 Å². The second-order valence-electron chi connectivity index (χ2n) is 5.53. The van der Waals surface area contributed by atoms with E-state index in [1.165, 1.54) is 0 Å². The second-order valence-corrected chi connectivity index (χ2v) is 5.53. The van der Waals surface area contributed by atoms with Gasteiger partial charge < -0.3 is 15.4 Å². The third-order valence-electron chi connectivity index (χ3n) is 3.89. The summed E-state index contributed by atoms with van der Waals surface area (Å²) in [4.78, 5) is 14.2. The zero-order chi connectivity index (χ0) is 15.4. The Morgan fingerprint density at radius 2 is 1.82 bits per heavy atom. The first kappa shape index (κ1) is 14.4. The SMILES string of the molecule is Nc1cc(C(=O)N2CCCC2)ccc1OCc1ccccc1. The van der Waals surface area contributed by atoms with Crippen molar-refractivity contribution >= 4 is 11.6 Å². The molecule has 22 heavy (non-hydrogen) atoms. The van der Waals surface area contributed by atoms with Crippen LogP contribution in [0.2, 0.25) is 0 Å². The lowest BCUT2D eigenvalue weighted by atomic mass is 10.1. The van der Waals surface area contributed by atoms with Gasteiger partial charge in [0.2, 0.25) is 0 Å². The molecule has 4 heteroatoms. The number of hydrogen-bond donors (Lipinski definition) is 1. The Balaban J connectivity index is 1.68. The summed E-state index contributed by atoms with van der Waals surface area (Å²) in [5.74, 6) is 0.667. The van der Waals surface area contributed by atoms with Crippen LogP contribution in [0, 0.1) is 0 Å². The van der Waals surface area contributed by atoms with E-state index in [2.05, 4.69) is 0 Å². The van der Waals surface area contributed by atoms with E-state index in [4.69, 9.17) is 10.5 Å². The topological polar surface area (TPSA) is 55.6 Å². The third-order valence-corrected chi connectivity index (χ3v) is 3.89. The molecule has 114 valence electrons. The molecule has 0 aliphatic carbocycles. The summed E-state index contributed by atoms with van der Waals surface area (Å²) in [6.45, 7) is 2.14. The van der Waals surface area contributed by atoms with Gasteiger partial charge in [-0.25, -0.2) is 0 Å². The van der Waals surface area contributed by atoms with Crippen LogP contribution in [0.15, 0.2) is 48.5 Å². The predicted molar refractivity (Wildman–Crippen MR) is 86.8 cm³/mol. The van der Waals surface area contributed by atoms with Crippen LogP contribution in [-0.2, 0) is 6.61 Å². The maximum atomic E-state index is 12.3. The van der Waals surface area contributed by atoms with Gasteiger partial charge in [-0.2, -0.15) is 0 Å². The van der Waals surface area contributed by atoms with E-state index in [1.54, 1.807) is 18.2 Å². The van der Waals surface area contributed by atoms with Gasteiger partial charge >= 0.3 is 0 Å². The van der Waals surface area contributed by atoms with E-state index in [-0.39, 0.29) is 5.91 Å². The minimum absolute atomic E-state index is 0.0545. The zero-order valence-corrected chi connectivity index (χ0v) is 12.5. The van der Waals surface area contributed by atoms with Crippen molar-refractivity contribution < 1.29 is 9.53 Å². The van der Waals surface area contributed by atoms with E-state index >= 15 is 0 Å². The first-order valence-electron chi connectivity index (χ1n) is 7.59. The number of nitrogens with two attached hydrogens (primary N) is 1. The van der Waals surface area contributed by atoms with Crippen molar-refractivity contribution in [3.63, 3.8) is 0 Å². The van der Waals surface area contributed by atoms with Crippen molar-refractivity contribution in [3.8, 4) is 5.75 Å². The molecule has 2 aromatic carbocycles. The Bertz CT molecular complexity index is 649. The Morgan fingerprint density at radius 1 is 1.09 bits per heavy atom. The molecule has 1 heterocycles. The summed E-state index contributed by atoms with van der Waals surface area (Å²) in [5.41, 5.74) is 8.24. The molecule has 0 saturated carbocycles. The van der Waals surface area contributed by atoms with E-state index in [0.717, 1.165) is 31.5 Å². The molecule has 2 N–H and O–H groups in total. The lowest BCUT2D eigenvalue weighted by molar-refractivity contribution is 0.0793. The summed E-state index contributed by atoms with van der Waals surface area (Å²) in [6.07, 6.45) is 2.17. The van der Waals surface area contributed by atoms with E-state index in [0.29, 0.717) is 23.6 Å². The molecule has 0 aromatic heterocycles. The number of amides is 1. The zero-order valence-electron chi connectivity index (χ0n) is 12.5. The van der Waals surface area contributed by atoms with Gasteiger partial charge in [-0.1, -0.05) is 30.3 Å². The lowest BCUT2D eigenvalue weighted by Gasteiger charge is -2.16. The van der Waals surface area contributed by atoms with E-state index in [9.17, 15) is 4.79 Å². The van der Waals surface area contributed by atoms with E-state index in [1.807, 2.05) is 35.2 Å². The number of nitrogen functional groups attached to an aromatic ring is 1. The van der Waals surface area contributed by atoms with Crippen LogP contribution in [0.1, 0.15) is 28.8 Å². The number of nitrogens with zero attached hydrogens (tertiary/aromatic N) is 1. The van der Waals surface area contributed by atoms with Crippen molar-refractivity contribution in [1.82, 2.24) is 4.90 Å². The Morgan fingerprint density at radius 3 is 2.50 bits per heavy atom. The number of carbonyl (C=O) groups excluding carboxylic acids is 1. The first-order valence-corrected chi connectivity index (χ1v) is 7.59. The van der Waals surface area contributed by atoms with Gasteiger partial charge in [0.15, 0.2) is 0 Å². The summed E-state index contributed by atoms with van der Waals surface area (Å²) in [6, 6.07) is 15.2. The smallest absolute Gasteiger partial charge is 0.253 e. The minimum atomic E-state index is 0.0545. The molecule has 0 radical (unpaired) electrons. The van der Waals surface area contributed by atoms with Crippen LogP contribution in [0.4, 0.5) is 5.69 Å². The number of ether oxygens (including phenoxy) is 1. The standard InChI is InChI=1S/C18H20N2O2/c19-16-12-15(18(21)20-10-4-5-11-20)8-9-17(16)22-13-14-6-2-1-3-7-14/h1-3,6-9,12H,4-5,10-11,13,19H2. The van der Waals surface area contributed by atoms with Gasteiger partial charge in [0.1, 0.15) is 12.4 Å². The molecule has 0 spiro atoms. The molecular weight excluding hydrogens is 276 g/mol. The van der Waals surface area contributed by atoms with Crippen LogP contribution in [-0.4, -0.2) is 23.9 Å². The number of rotatable bonds is 4. The fourth-order valence-electron chi connectivity index (χ4n) is 2.65. The quantitative estimate of drug-likeness (QED) is 0.882. The molecule has 4 nitrogen and oxygen atoms in total. The van der Waals surface area contributed by atoms with Gasteiger partial charge in [0.05, 0.1) is 5.69 Å². The molecule has 1 aliphatic heterocycles. The highest BCUT2D eigenvalue weighted by Gasteiger charge is 2.20. The molecule has 2 aromatic rings. The predicted octanol–water partition coefficient (Wildman–Crippen LogP) is 3.08. The summed E-state index contributed by atoms with van der Waals surface area (Å²) in [7, 11) is 0. The van der Waals surface area contributed by atoms with Crippen molar-refractivity contribution in [2.24, 2.45) is 0 Å². The Hall–Kier alpha value is -2.49. The number of anilines is 1. The largest absolute Gasteiger partial charge is 0.487 e. The molecule has 1 aliphatic rings. The van der Waals surface area contributed by atoms with Gasteiger partial charge in [-0.3, -0.25) is 4.79 Å². The van der Waals surface area contributed by atoms with Gasteiger partial charge in [0.25, 0.3) is 5.91 Å². The maximum absolute atomic E-state index is 12.3. The molecule has 1 fully saturated rings. The maximum Gasteiger partial charge on any atom is 0.253 e. The number of likely N-dealkylation sites (tertiary alicyclic amines) is 1. The van der Waals surface area contributed by atoms with Crippen LogP contribution in [0.25, 0.3) is 0 Å². The van der Waals surface area contributed by atoms with Gasteiger partial charge in [0, 0.05) is 18.7 Å². The monoisotopic (exact) mass is 296 g/mol. The summed E-state index contributed by atoms with van der Waals surface area (Å²) in [5, 5.41) is 0. The highest BCUT2D eigenvalue weighted by molar-refractivity contribution is 5.95. The van der Waals surface area contributed by atoms with Crippen molar-refractivity contribution in [2.75, 3.05) is 18.8 Å².